The second-order valence-electron chi connectivity index (χ2n) is 5.59. The highest BCUT2D eigenvalue weighted by molar-refractivity contribution is 7.80. The first kappa shape index (κ1) is 18.7. The Morgan fingerprint density at radius 2 is 1.96 bits per heavy atom. The van der Waals surface area contributed by atoms with Gasteiger partial charge in [0.1, 0.15) is 0 Å². The van der Waals surface area contributed by atoms with Crippen LogP contribution in [0, 0.1) is 0 Å². The molecule has 2 N–H and O–H groups in total. The number of halogens is 2. The zero-order valence-electron chi connectivity index (χ0n) is 14.1. The highest BCUT2D eigenvalue weighted by Gasteiger charge is 2.09. The van der Waals surface area contributed by atoms with Crippen LogP contribution in [0.4, 0.5) is 5.82 Å². The molecule has 0 bridgehead atoms. The molecule has 0 atom stereocenters. The Morgan fingerprint density at radius 3 is 2.69 bits per heavy atom. The summed E-state index contributed by atoms with van der Waals surface area (Å²) in [6.07, 6.45) is 3.53. The third-order valence-corrected chi connectivity index (χ3v) is 4.57. The van der Waals surface area contributed by atoms with Gasteiger partial charge >= 0.3 is 0 Å². The molecule has 0 unspecified atom stereocenters. The fourth-order valence-electron chi connectivity index (χ4n) is 2.45. The van der Waals surface area contributed by atoms with Gasteiger partial charge < -0.3 is 10.6 Å². The van der Waals surface area contributed by atoms with E-state index in [0.717, 1.165) is 22.8 Å². The number of anilines is 1. The minimum Gasteiger partial charge on any atom is -0.357 e. The van der Waals surface area contributed by atoms with Crippen molar-refractivity contribution in [2.75, 3.05) is 5.32 Å². The average molecular weight is 409 g/mol. The van der Waals surface area contributed by atoms with Crippen LogP contribution >= 0.6 is 35.4 Å². The lowest BCUT2D eigenvalue weighted by molar-refractivity contribution is 0.614. The molecule has 2 heterocycles. The van der Waals surface area contributed by atoms with E-state index in [9.17, 15) is 0 Å². The highest BCUT2D eigenvalue weighted by Crippen LogP contribution is 2.15. The molecule has 2 aromatic heterocycles. The van der Waals surface area contributed by atoms with Crippen LogP contribution in [0.3, 0.4) is 0 Å². The molecular weight excluding hydrogens is 391 g/mol. The second-order valence-corrected chi connectivity index (χ2v) is 6.84. The van der Waals surface area contributed by atoms with Crippen molar-refractivity contribution < 1.29 is 0 Å². The van der Waals surface area contributed by atoms with Gasteiger partial charge in [0.05, 0.1) is 30.0 Å². The molecule has 0 aliphatic heterocycles. The van der Waals surface area contributed by atoms with E-state index in [4.69, 9.17) is 35.4 Å². The summed E-state index contributed by atoms with van der Waals surface area (Å²) in [5, 5.41) is 16.7. The fraction of sp³-hybridized carbons (Fsp3) is 0.235. The Hall–Kier alpha value is -2.09. The molecule has 1 aromatic carbocycles. The van der Waals surface area contributed by atoms with Crippen LogP contribution in [0.5, 0.6) is 0 Å². The number of aromatic nitrogens is 4. The Bertz CT molecular complexity index is 887. The van der Waals surface area contributed by atoms with E-state index in [0.29, 0.717) is 29.0 Å². The maximum atomic E-state index is 6.15. The summed E-state index contributed by atoms with van der Waals surface area (Å²) in [5.41, 5.74) is 2.01. The smallest absolute Gasteiger partial charge is 0.172 e. The van der Waals surface area contributed by atoms with Crippen molar-refractivity contribution in [3.8, 4) is 0 Å². The first-order valence-electron chi connectivity index (χ1n) is 8.08. The summed E-state index contributed by atoms with van der Waals surface area (Å²) in [5.74, 6) is 0.673. The van der Waals surface area contributed by atoms with E-state index >= 15 is 0 Å². The monoisotopic (exact) mass is 408 g/mol. The first-order chi connectivity index (χ1) is 12.5. The number of hydrogen-bond donors (Lipinski definition) is 2. The number of benzene rings is 1. The van der Waals surface area contributed by atoms with Gasteiger partial charge in [-0.3, -0.25) is 9.36 Å². The molecule has 9 heteroatoms. The Labute approximate surface area is 167 Å². The van der Waals surface area contributed by atoms with Crippen molar-refractivity contribution in [2.24, 2.45) is 0 Å². The standard InChI is InChI=1S/C17H18Cl2N6S/c1-2-25-15(14(19)9-21-25)10-20-17(26)22-16-7-8-24(23-16)11-12-3-5-13(18)6-4-12/h3-9H,2,10-11H2,1H3,(H2,20,22,23,26). The van der Waals surface area contributed by atoms with Gasteiger partial charge in [-0.2, -0.15) is 10.2 Å². The predicted octanol–water partition coefficient (Wildman–Crippen LogP) is 3.94. The molecule has 0 aliphatic rings. The number of aryl methyl sites for hydroxylation is 1. The number of nitrogens with one attached hydrogen (secondary N) is 2. The molecule has 0 radical (unpaired) electrons. The van der Waals surface area contributed by atoms with Gasteiger partial charge in [-0.25, -0.2) is 0 Å². The molecule has 136 valence electrons. The van der Waals surface area contributed by atoms with Crippen LogP contribution in [-0.2, 0) is 19.6 Å². The Morgan fingerprint density at radius 1 is 1.19 bits per heavy atom. The third-order valence-electron chi connectivity index (χ3n) is 3.75. The quantitative estimate of drug-likeness (QED) is 0.604. The number of rotatable bonds is 6. The molecule has 0 saturated carbocycles. The van der Waals surface area contributed by atoms with Gasteiger partial charge in [0, 0.05) is 23.8 Å². The van der Waals surface area contributed by atoms with Gasteiger partial charge in [-0.15, -0.1) is 0 Å². The normalized spacial score (nSPS) is 10.7. The lowest BCUT2D eigenvalue weighted by atomic mass is 10.2. The summed E-state index contributed by atoms with van der Waals surface area (Å²) in [4.78, 5) is 0. The minimum atomic E-state index is 0.474. The minimum absolute atomic E-state index is 0.474. The van der Waals surface area contributed by atoms with E-state index < -0.39 is 0 Å². The Balaban J connectivity index is 1.54. The number of thiocarbonyl (C=S) groups is 1. The van der Waals surface area contributed by atoms with E-state index in [1.807, 2.05) is 52.8 Å². The maximum Gasteiger partial charge on any atom is 0.172 e. The first-order valence-corrected chi connectivity index (χ1v) is 9.24. The van der Waals surface area contributed by atoms with Crippen LogP contribution in [0.15, 0.2) is 42.7 Å². The highest BCUT2D eigenvalue weighted by atomic mass is 35.5. The molecular formula is C17H18Cl2N6S. The summed E-state index contributed by atoms with van der Waals surface area (Å²) in [6.45, 7) is 3.91. The molecule has 0 saturated heterocycles. The number of hydrogen-bond acceptors (Lipinski definition) is 3. The van der Waals surface area contributed by atoms with Crippen molar-refractivity contribution in [3.63, 3.8) is 0 Å². The van der Waals surface area contributed by atoms with Crippen molar-refractivity contribution >= 4 is 46.4 Å². The van der Waals surface area contributed by atoms with Crippen molar-refractivity contribution in [2.45, 2.75) is 26.6 Å². The molecule has 3 aromatic rings. The van der Waals surface area contributed by atoms with Crippen molar-refractivity contribution in [1.82, 2.24) is 24.9 Å². The zero-order chi connectivity index (χ0) is 18.5. The van der Waals surface area contributed by atoms with Gasteiger partial charge in [0.25, 0.3) is 0 Å². The van der Waals surface area contributed by atoms with Gasteiger partial charge in [-0.1, -0.05) is 35.3 Å². The summed E-state index contributed by atoms with van der Waals surface area (Å²) in [7, 11) is 0. The van der Waals surface area contributed by atoms with Gasteiger partial charge in [0.15, 0.2) is 10.9 Å². The molecule has 0 aliphatic carbocycles. The van der Waals surface area contributed by atoms with Crippen LogP contribution in [0.25, 0.3) is 0 Å². The van der Waals surface area contributed by atoms with Gasteiger partial charge in [0.2, 0.25) is 0 Å². The van der Waals surface area contributed by atoms with Crippen LogP contribution in [0.1, 0.15) is 18.2 Å². The summed E-state index contributed by atoms with van der Waals surface area (Å²) >= 11 is 17.4. The second kappa shape index (κ2) is 8.53. The van der Waals surface area contributed by atoms with Crippen molar-refractivity contribution in [1.29, 1.82) is 0 Å². The maximum absolute atomic E-state index is 6.15. The lowest BCUT2D eigenvalue weighted by Gasteiger charge is -2.10. The van der Waals surface area contributed by atoms with Crippen molar-refractivity contribution in [3.05, 3.63) is 64.0 Å². The SMILES string of the molecule is CCn1ncc(Cl)c1CNC(=S)Nc1ccn(Cc2ccc(Cl)cc2)n1. The third kappa shape index (κ3) is 4.75. The molecule has 0 fully saturated rings. The fourth-order valence-corrected chi connectivity index (χ4v) is 2.96. The Kier molecular flexibility index (Phi) is 6.13. The van der Waals surface area contributed by atoms with Gasteiger partial charge in [-0.05, 0) is 36.8 Å². The zero-order valence-corrected chi connectivity index (χ0v) is 16.4. The molecule has 3 rings (SSSR count). The van der Waals surface area contributed by atoms with E-state index in [-0.39, 0.29) is 0 Å². The molecule has 0 amide bonds. The van der Waals surface area contributed by atoms with Crippen LogP contribution in [-0.4, -0.2) is 24.7 Å². The molecule has 26 heavy (non-hydrogen) atoms. The largest absolute Gasteiger partial charge is 0.357 e. The topological polar surface area (TPSA) is 59.7 Å². The summed E-state index contributed by atoms with van der Waals surface area (Å²) in [6, 6.07) is 9.55. The van der Waals surface area contributed by atoms with E-state index in [2.05, 4.69) is 20.8 Å². The van der Waals surface area contributed by atoms with E-state index in [1.165, 1.54) is 0 Å². The predicted molar refractivity (Wildman–Crippen MR) is 109 cm³/mol. The van der Waals surface area contributed by atoms with Crippen LogP contribution < -0.4 is 10.6 Å². The van der Waals surface area contributed by atoms with Crippen LogP contribution in [0.2, 0.25) is 10.0 Å². The molecule has 0 spiro atoms. The number of nitrogens with zero attached hydrogens (tertiary/aromatic N) is 4. The summed E-state index contributed by atoms with van der Waals surface area (Å²) < 4.78 is 3.66. The van der Waals surface area contributed by atoms with E-state index in [1.54, 1.807) is 6.20 Å². The molecule has 6 nitrogen and oxygen atoms in total. The average Bonchev–Trinajstić information content (AvgIpc) is 3.21. The lowest BCUT2D eigenvalue weighted by Crippen LogP contribution is -2.29.